The number of carbonyl (C=O) groups excluding carboxylic acids is 2. The second-order valence-corrected chi connectivity index (χ2v) is 6.19. The van der Waals surface area contributed by atoms with Crippen molar-refractivity contribution in [2.75, 3.05) is 11.9 Å². The highest BCUT2D eigenvalue weighted by atomic mass is 16.3. The van der Waals surface area contributed by atoms with Crippen LogP contribution >= 0.6 is 0 Å². The summed E-state index contributed by atoms with van der Waals surface area (Å²) in [5, 5.41) is 15.2. The third-order valence-electron chi connectivity index (χ3n) is 3.74. The van der Waals surface area contributed by atoms with Crippen LogP contribution in [0.5, 0.6) is 0 Å². The van der Waals surface area contributed by atoms with Gasteiger partial charge in [-0.3, -0.25) is 9.59 Å². The summed E-state index contributed by atoms with van der Waals surface area (Å²) in [6.45, 7) is 5.40. The molecule has 128 valence electrons. The predicted molar refractivity (Wildman–Crippen MR) is 90.6 cm³/mol. The van der Waals surface area contributed by atoms with Gasteiger partial charge in [-0.2, -0.15) is 0 Å². The molecular weight excluding hydrogens is 308 g/mol. The summed E-state index contributed by atoms with van der Waals surface area (Å²) in [6.07, 6.45) is 1.75. The molecule has 3 N–H and O–H groups in total. The van der Waals surface area contributed by atoms with Crippen molar-refractivity contribution < 1.29 is 19.1 Å². The minimum absolute atomic E-state index is 0.0626. The number of rotatable bonds is 5. The smallest absolute Gasteiger partial charge is 0.313 e. The minimum atomic E-state index is -1.21. The normalized spacial score (nSPS) is 13.2. The fourth-order valence-electron chi connectivity index (χ4n) is 2.21. The number of benzene rings is 1. The number of furan rings is 1. The van der Waals surface area contributed by atoms with E-state index >= 15 is 0 Å². The molecule has 0 fully saturated rings. The monoisotopic (exact) mass is 330 g/mol. The fourth-order valence-corrected chi connectivity index (χ4v) is 2.21. The fraction of sp³-hybridized carbons (Fsp3) is 0.333. The third-order valence-corrected chi connectivity index (χ3v) is 3.74. The van der Waals surface area contributed by atoms with Gasteiger partial charge in [0.05, 0.1) is 11.9 Å². The first-order valence-electron chi connectivity index (χ1n) is 7.68. The number of aliphatic hydroxyl groups is 1. The molecular formula is C18H22N2O4. The highest BCUT2D eigenvalue weighted by Gasteiger charge is 2.25. The van der Waals surface area contributed by atoms with Crippen LogP contribution in [0.15, 0.2) is 41.0 Å². The Hall–Kier alpha value is -2.60. The lowest BCUT2D eigenvalue weighted by atomic mass is 10.0. The van der Waals surface area contributed by atoms with Gasteiger partial charge in [-0.1, -0.05) is 6.07 Å². The molecule has 24 heavy (non-hydrogen) atoms. The Morgan fingerprint density at radius 1 is 1.17 bits per heavy atom. The molecule has 0 unspecified atom stereocenters. The molecule has 1 aromatic heterocycles. The lowest BCUT2D eigenvalue weighted by Crippen LogP contribution is -2.45. The van der Waals surface area contributed by atoms with Crippen LogP contribution in [0.1, 0.15) is 23.8 Å². The van der Waals surface area contributed by atoms with Gasteiger partial charge in [-0.15, -0.1) is 0 Å². The maximum absolute atomic E-state index is 11.9. The molecule has 0 aliphatic heterocycles. The quantitative estimate of drug-likeness (QED) is 0.731. The molecule has 1 heterocycles. The molecule has 2 aromatic rings. The van der Waals surface area contributed by atoms with Crippen LogP contribution in [-0.2, 0) is 16.0 Å². The zero-order valence-corrected chi connectivity index (χ0v) is 14.1. The zero-order valence-electron chi connectivity index (χ0n) is 14.1. The maximum atomic E-state index is 11.9. The van der Waals surface area contributed by atoms with Crippen molar-refractivity contribution in [2.24, 2.45) is 0 Å². The first kappa shape index (κ1) is 17.7. The topological polar surface area (TPSA) is 91.6 Å². The highest BCUT2D eigenvalue weighted by Crippen LogP contribution is 2.14. The number of carbonyl (C=O) groups is 2. The molecule has 0 bridgehead atoms. The molecule has 6 heteroatoms. The number of amides is 2. The van der Waals surface area contributed by atoms with Crippen molar-refractivity contribution in [1.82, 2.24) is 5.32 Å². The number of nitrogens with one attached hydrogen (secondary N) is 2. The molecule has 0 saturated heterocycles. The second-order valence-electron chi connectivity index (χ2n) is 6.19. The molecule has 2 rings (SSSR count). The average molecular weight is 330 g/mol. The van der Waals surface area contributed by atoms with Crippen molar-refractivity contribution in [2.45, 2.75) is 32.8 Å². The van der Waals surface area contributed by atoms with Crippen LogP contribution in [-0.4, -0.2) is 29.1 Å². The van der Waals surface area contributed by atoms with Gasteiger partial charge >= 0.3 is 11.8 Å². The molecule has 0 radical (unpaired) electrons. The predicted octanol–water partition coefficient (Wildman–Crippen LogP) is 1.94. The summed E-state index contributed by atoms with van der Waals surface area (Å²) >= 11 is 0. The van der Waals surface area contributed by atoms with Crippen LogP contribution in [0.3, 0.4) is 0 Å². The van der Waals surface area contributed by atoms with Gasteiger partial charge in [-0.05, 0) is 56.2 Å². The van der Waals surface area contributed by atoms with Crippen molar-refractivity contribution in [3.8, 4) is 0 Å². The van der Waals surface area contributed by atoms with Crippen LogP contribution in [0, 0.1) is 13.8 Å². The van der Waals surface area contributed by atoms with Crippen LogP contribution < -0.4 is 10.6 Å². The molecule has 0 aliphatic carbocycles. The third kappa shape index (κ3) is 4.96. The van der Waals surface area contributed by atoms with Gasteiger partial charge in [0.2, 0.25) is 0 Å². The molecule has 0 saturated carbocycles. The van der Waals surface area contributed by atoms with E-state index in [1.165, 1.54) is 6.26 Å². The second kappa shape index (κ2) is 7.31. The van der Waals surface area contributed by atoms with Gasteiger partial charge in [0.15, 0.2) is 0 Å². The number of hydrogen-bond donors (Lipinski definition) is 3. The minimum Gasteiger partial charge on any atom is -0.469 e. The molecule has 1 atom stereocenters. The van der Waals surface area contributed by atoms with E-state index in [0.717, 1.165) is 11.1 Å². The Morgan fingerprint density at radius 3 is 2.54 bits per heavy atom. The van der Waals surface area contributed by atoms with Gasteiger partial charge in [-0.25, -0.2) is 0 Å². The Morgan fingerprint density at radius 2 is 1.92 bits per heavy atom. The van der Waals surface area contributed by atoms with E-state index in [1.807, 2.05) is 19.9 Å². The summed E-state index contributed by atoms with van der Waals surface area (Å²) in [5.74, 6) is -0.964. The number of hydrogen-bond acceptors (Lipinski definition) is 4. The Bertz CT molecular complexity index is 721. The Balaban J connectivity index is 1.87. The lowest BCUT2D eigenvalue weighted by Gasteiger charge is -2.22. The van der Waals surface area contributed by atoms with Gasteiger partial charge in [0.25, 0.3) is 0 Å². The van der Waals surface area contributed by atoms with Crippen molar-refractivity contribution >= 4 is 17.5 Å². The summed E-state index contributed by atoms with van der Waals surface area (Å²) in [6, 6.07) is 8.87. The molecule has 1 aromatic carbocycles. The molecule has 0 spiro atoms. The SMILES string of the molecule is Cc1ccc(NC(=O)C(=O)NC[C@](C)(O)Cc2ccco2)cc1C. The first-order chi connectivity index (χ1) is 11.3. The first-order valence-corrected chi connectivity index (χ1v) is 7.68. The van der Waals surface area contributed by atoms with Crippen molar-refractivity contribution in [1.29, 1.82) is 0 Å². The Labute approximate surface area is 140 Å². The maximum Gasteiger partial charge on any atom is 0.313 e. The highest BCUT2D eigenvalue weighted by molar-refractivity contribution is 6.39. The van der Waals surface area contributed by atoms with E-state index in [-0.39, 0.29) is 13.0 Å². The largest absolute Gasteiger partial charge is 0.469 e. The summed E-state index contributed by atoms with van der Waals surface area (Å²) < 4.78 is 5.17. The summed E-state index contributed by atoms with van der Waals surface area (Å²) in [4.78, 5) is 23.8. The molecule has 2 amide bonds. The number of aryl methyl sites for hydroxylation is 2. The van der Waals surface area contributed by atoms with Gasteiger partial charge < -0.3 is 20.2 Å². The van der Waals surface area contributed by atoms with E-state index in [0.29, 0.717) is 11.4 Å². The van der Waals surface area contributed by atoms with Crippen molar-refractivity contribution in [3.05, 3.63) is 53.5 Å². The average Bonchev–Trinajstić information content (AvgIpc) is 3.00. The Kier molecular flexibility index (Phi) is 5.41. The van der Waals surface area contributed by atoms with E-state index in [1.54, 1.807) is 31.2 Å². The molecule has 0 aliphatic rings. The summed E-state index contributed by atoms with van der Waals surface area (Å²) in [5.41, 5.74) is 1.47. The summed E-state index contributed by atoms with van der Waals surface area (Å²) in [7, 11) is 0. The van der Waals surface area contributed by atoms with Crippen LogP contribution in [0.4, 0.5) is 5.69 Å². The standard InChI is InChI=1S/C18H22N2O4/c1-12-6-7-14(9-13(12)2)20-17(22)16(21)19-11-18(3,23)10-15-5-4-8-24-15/h4-9,23H,10-11H2,1-3H3,(H,19,21)(H,20,22)/t18-/m1/s1. The lowest BCUT2D eigenvalue weighted by molar-refractivity contribution is -0.136. The number of anilines is 1. The van der Waals surface area contributed by atoms with E-state index in [9.17, 15) is 14.7 Å². The van der Waals surface area contributed by atoms with Gasteiger partial charge in [0, 0.05) is 18.7 Å². The van der Waals surface area contributed by atoms with E-state index in [2.05, 4.69) is 10.6 Å². The van der Waals surface area contributed by atoms with Crippen LogP contribution in [0.25, 0.3) is 0 Å². The van der Waals surface area contributed by atoms with E-state index in [4.69, 9.17) is 4.42 Å². The zero-order chi connectivity index (χ0) is 17.7. The van der Waals surface area contributed by atoms with Crippen LogP contribution in [0.2, 0.25) is 0 Å². The van der Waals surface area contributed by atoms with E-state index < -0.39 is 17.4 Å². The molecule has 6 nitrogen and oxygen atoms in total. The van der Waals surface area contributed by atoms with Gasteiger partial charge in [0.1, 0.15) is 5.76 Å². The van der Waals surface area contributed by atoms with Crippen molar-refractivity contribution in [3.63, 3.8) is 0 Å².